The Bertz CT molecular complexity index is 443. The van der Waals surface area contributed by atoms with Crippen LogP contribution in [0, 0.1) is 17.7 Å². The van der Waals surface area contributed by atoms with Crippen LogP contribution in [0.15, 0.2) is 24.3 Å². The molecular formula is C19H27FO. The average Bonchev–Trinajstić information content (AvgIpc) is 2.53. The maximum atomic E-state index is 13.0. The molecule has 0 aromatic heterocycles. The van der Waals surface area contributed by atoms with Crippen molar-refractivity contribution in [3.05, 3.63) is 35.6 Å². The van der Waals surface area contributed by atoms with E-state index in [-0.39, 0.29) is 17.7 Å². The SMILES string of the molecule is CCCCC(C)C(=O)C1CCC(c2ccc(F)cc2)CC1. The number of halogens is 1. The van der Waals surface area contributed by atoms with Gasteiger partial charge in [-0.1, -0.05) is 38.8 Å². The van der Waals surface area contributed by atoms with Crippen molar-refractivity contribution in [1.82, 2.24) is 0 Å². The van der Waals surface area contributed by atoms with Gasteiger partial charge in [-0.3, -0.25) is 4.79 Å². The fourth-order valence-corrected chi connectivity index (χ4v) is 3.50. The normalized spacial score (nSPS) is 23.8. The lowest BCUT2D eigenvalue weighted by molar-refractivity contribution is -0.127. The van der Waals surface area contributed by atoms with Crippen molar-refractivity contribution in [2.24, 2.45) is 11.8 Å². The van der Waals surface area contributed by atoms with E-state index in [4.69, 9.17) is 0 Å². The molecule has 0 radical (unpaired) electrons. The molecule has 0 saturated heterocycles. The first-order valence-electron chi connectivity index (χ1n) is 8.41. The van der Waals surface area contributed by atoms with Gasteiger partial charge in [0.25, 0.3) is 0 Å². The maximum Gasteiger partial charge on any atom is 0.138 e. The van der Waals surface area contributed by atoms with Gasteiger partial charge in [-0.25, -0.2) is 4.39 Å². The number of hydrogen-bond donors (Lipinski definition) is 0. The quantitative estimate of drug-likeness (QED) is 0.676. The summed E-state index contributed by atoms with van der Waals surface area (Å²) in [4.78, 5) is 12.4. The lowest BCUT2D eigenvalue weighted by Gasteiger charge is -2.29. The molecule has 2 rings (SSSR count). The van der Waals surface area contributed by atoms with Gasteiger partial charge in [0.1, 0.15) is 11.6 Å². The first-order valence-corrected chi connectivity index (χ1v) is 8.41. The average molecular weight is 290 g/mol. The number of rotatable bonds is 6. The van der Waals surface area contributed by atoms with Gasteiger partial charge in [0.15, 0.2) is 0 Å². The Morgan fingerprint density at radius 2 is 1.81 bits per heavy atom. The molecule has 1 fully saturated rings. The maximum absolute atomic E-state index is 13.0. The van der Waals surface area contributed by atoms with Crippen LogP contribution < -0.4 is 0 Å². The zero-order chi connectivity index (χ0) is 15.2. The summed E-state index contributed by atoms with van der Waals surface area (Å²) >= 11 is 0. The van der Waals surface area contributed by atoms with E-state index in [1.165, 1.54) is 5.56 Å². The summed E-state index contributed by atoms with van der Waals surface area (Å²) in [5.74, 6) is 1.28. The van der Waals surface area contributed by atoms with Crippen molar-refractivity contribution in [2.45, 2.75) is 64.7 Å². The highest BCUT2D eigenvalue weighted by atomic mass is 19.1. The molecule has 1 aromatic rings. The third-order valence-corrected chi connectivity index (χ3v) is 4.95. The second kappa shape index (κ2) is 7.72. The zero-order valence-electron chi connectivity index (χ0n) is 13.3. The molecule has 1 aromatic carbocycles. The number of carbonyl (C=O) groups is 1. The summed E-state index contributed by atoms with van der Waals surface area (Å²) in [6.45, 7) is 4.26. The lowest BCUT2D eigenvalue weighted by atomic mass is 9.75. The van der Waals surface area contributed by atoms with Crippen LogP contribution in [0.1, 0.15) is 70.3 Å². The highest BCUT2D eigenvalue weighted by Gasteiger charge is 2.29. The Kier molecular flexibility index (Phi) is 5.96. The molecule has 0 spiro atoms. The zero-order valence-corrected chi connectivity index (χ0v) is 13.3. The van der Waals surface area contributed by atoms with E-state index < -0.39 is 0 Å². The van der Waals surface area contributed by atoms with E-state index in [9.17, 15) is 9.18 Å². The molecule has 1 atom stereocenters. The van der Waals surface area contributed by atoms with Crippen molar-refractivity contribution < 1.29 is 9.18 Å². The molecule has 1 aliphatic carbocycles. The van der Waals surface area contributed by atoms with Crippen LogP contribution in [0.25, 0.3) is 0 Å². The fourth-order valence-electron chi connectivity index (χ4n) is 3.50. The van der Waals surface area contributed by atoms with Crippen molar-refractivity contribution in [3.8, 4) is 0 Å². The molecule has 0 bridgehead atoms. The Labute approximate surface area is 127 Å². The third-order valence-electron chi connectivity index (χ3n) is 4.95. The highest BCUT2D eigenvalue weighted by Crippen LogP contribution is 2.37. The smallest absolute Gasteiger partial charge is 0.138 e. The molecular weight excluding hydrogens is 263 g/mol. The lowest BCUT2D eigenvalue weighted by Crippen LogP contribution is -2.26. The Balaban J connectivity index is 1.85. The van der Waals surface area contributed by atoms with Crippen molar-refractivity contribution in [1.29, 1.82) is 0 Å². The summed E-state index contributed by atoms with van der Waals surface area (Å²) in [6.07, 6.45) is 7.46. The molecule has 2 heteroatoms. The largest absolute Gasteiger partial charge is 0.299 e. The van der Waals surface area contributed by atoms with E-state index in [0.29, 0.717) is 11.7 Å². The predicted octanol–water partition coefficient (Wildman–Crippen LogP) is 5.49. The molecule has 0 amide bonds. The number of ketones is 1. The van der Waals surface area contributed by atoms with E-state index in [0.717, 1.165) is 44.9 Å². The monoisotopic (exact) mass is 290 g/mol. The van der Waals surface area contributed by atoms with Gasteiger partial charge in [-0.15, -0.1) is 0 Å². The van der Waals surface area contributed by atoms with E-state index in [1.807, 2.05) is 12.1 Å². The number of benzene rings is 1. The third kappa shape index (κ3) is 4.39. The number of hydrogen-bond acceptors (Lipinski definition) is 1. The minimum Gasteiger partial charge on any atom is -0.299 e. The molecule has 0 heterocycles. The molecule has 116 valence electrons. The van der Waals surface area contributed by atoms with Gasteiger partial charge < -0.3 is 0 Å². The van der Waals surface area contributed by atoms with Crippen LogP contribution in [-0.4, -0.2) is 5.78 Å². The minimum absolute atomic E-state index is 0.174. The van der Waals surface area contributed by atoms with Crippen LogP contribution in [0.2, 0.25) is 0 Å². The van der Waals surface area contributed by atoms with Gasteiger partial charge in [-0.2, -0.15) is 0 Å². The van der Waals surface area contributed by atoms with Crippen LogP contribution in [0.3, 0.4) is 0 Å². The summed E-state index contributed by atoms with van der Waals surface area (Å²) in [6, 6.07) is 6.87. The van der Waals surface area contributed by atoms with Crippen LogP contribution in [-0.2, 0) is 4.79 Å². The van der Waals surface area contributed by atoms with Crippen molar-refractivity contribution in [3.63, 3.8) is 0 Å². The van der Waals surface area contributed by atoms with Crippen molar-refractivity contribution >= 4 is 5.78 Å². The minimum atomic E-state index is -0.174. The van der Waals surface area contributed by atoms with Gasteiger partial charge in [0.2, 0.25) is 0 Å². The number of unbranched alkanes of at least 4 members (excludes halogenated alkanes) is 1. The molecule has 1 aliphatic rings. The van der Waals surface area contributed by atoms with Gasteiger partial charge >= 0.3 is 0 Å². The molecule has 1 nitrogen and oxygen atoms in total. The van der Waals surface area contributed by atoms with Gasteiger partial charge in [0, 0.05) is 11.8 Å². The van der Waals surface area contributed by atoms with E-state index in [1.54, 1.807) is 12.1 Å². The van der Waals surface area contributed by atoms with Crippen LogP contribution in [0.5, 0.6) is 0 Å². The summed E-state index contributed by atoms with van der Waals surface area (Å²) in [5.41, 5.74) is 1.22. The molecule has 0 N–H and O–H groups in total. The standard InChI is InChI=1S/C19H27FO/c1-3-4-5-14(2)19(21)17-8-6-15(7-9-17)16-10-12-18(20)13-11-16/h10-15,17H,3-9H2,1-2H3. The summed E-state index contributed by atoms with van der Waals surface area (Å²) < 4.78 is 13.0. The van der Waals surface area contributed by atoms with Crippen LogP contribution in [0.4, 0.5) is 4.39 Å². The van der Waals surface area contributed by atoms with E-state index in [2.05, 4.69) is 13.8 Å². The molecule has 1 unspecified atom stereocenters. The molecule has 21 heavy (non-hydrogen) atoms. The van der Waals surface area contributed by atoms with Crippen LogP contribution >= 0.6 is 0 Å². The summed E-state index contributed by atoms with van der Waals surface area (Å²) in [7, 11) is 0. The first kappa shape index (κ1) is 16.2. The Morgan fingerprint density at radius 3 is 2.38 bits per heavy atom. The Hall–Kier alpha value is -1.18. The first-order chi connectivity index (χ1) is 10.1. The molecule has 1 saturated carbocycles. The topological polar surface area (TPSA) is 17.1 Å². The second-order valence-corrected chi connectivity index (χ2v) is 6.55. The number of Topliss-reactive ketones (excluding diaryl/α,β-unsaturated/α-hetero) is 1. The second-order valence-electron chi connectivity index (χ2n) is 6.55. The number of carbonyl (C=O) groups excluding carboxylic acids is 1. The van der Waals surface area contributed by atoms with Gasteiger partial charge in [-0.05, 0) is 55.7 Å². The fraction of sp³-hybridized carbons (Fsp3) is 0.632. The molecule has 0 aliphatic heterocycles. The Morgan fingerprint density at radius 1 is 1.19 bits per heavy atom. The predicted molar refractivity (Wildman–Crippen MR) is 84.8 cm³/mol. The highest BCUT2D eigenvalue weighted by molar-refractivity contribution is 5.83. The van der Waals surface area contributed by atoms with Gasteiger partial charge in [0.05, 0.1) is 0 Å². The van der Waals surface area contributed by atoms with Crippen molar-refractivity contribution in [2.75, 3.05) is 0 Å². The summed E-state index contributed by atoms with van der Waals surface area (Å²) in [5, 5.41) is 0. The van der Waals surface area contributed by atoms with E-state index >= 15 is 0 Å².